The Hall–Kier alpha value is -0.570. The molecular weight excluding hydrogens is 180 g/mol. The zero-order valence-electron chi connectivity index (χ0n) is 9.55. The summed E-state index contributed by atoms with van der Waals surface area (Å²) in [6.45, 7) is 6.05. The quantitative estimate of drug-likeness (QED) is 0.656. The molecule has 3 nitrogen and oxygen atoms in total. The number of rotatable bonds is 3. The molecule has 0 atom stereocenters. The summed E-state index contributed by atoms with van der Waals surface area (Å²) in [7, 11) is 1.42. The molecule has 0 unspecified atom stereocenters. The molecule has 82 valence electrons. The Kier molecular flexibility index (Phi) is 3.20. The van der Waals surface area contributed by atoms with Gasteiger partial charge in [0.25, 0.3) is 0 Å². The predicted octanol–water partition coefficient (Wildman–Crippen LogP) is 2.29. The van der Waals surface area contributed by atoms with Crippen LogP contribution in [0.5, 0.6) is 0 Å². The molecule has 0 spiro atoms. The van der Waals surface area contributed by atoms with E-state index in [1.807, 2.05) is 20.8 Å². The van der Waals surface area contributed by atoms with Crippen molar-refractivity contribution in [1.29, 1.82) is 0 Å². The topological polar surface area (TPSA) is 35.5 Å². The Balaban J connectivity index is 2.54. The van der Waals surface area contributed by atoms with Gasteiger partial charge in [0.2, 0.25) is 0 Å². The first kappa shape index (κ1) is 11.5. The van der Waals surface area contributed by atoms with E-state index in [0.29, 0.717) is 6.42 Å². The minimum atomic E-state index is -0.245. The smallest absolute Gasteiger partial charge is 0.308 e. The molecule has 0 bridgehead atoms. The second-order valence-corrected chi connectivity index (χ2v) is 5.00. The Morgan fingerprint density at radius 1 is 1.36 bits per heavy atom. The standard InChI is InChI=1S/C11H20O3/c1-10(2,3)14-11(6-5-7-11)8-9(12)13-4/h5-8H2,1-4H3. The van der Waals surface area contributed by atoms with Gasteiger partial charge >= 0.3 is 5.97 Å². The van der Waals surface area contributed by atoms with Crippen LogP contribution in [0.15, 0.2) is 0 Å². The highest BCUT2D eigenvalue weighted by atomic mass is 16.5. The van der Waals surface area contributed by atoms with E-state index in [1.54, 1.807) is 0 Å². The number of methoxy groups -OCH3 is 1. The Labute approximate surface area is 85.8 Å². The molecule has 0 saturated heterocycles. The van der Waals surface area contributed by atoms with Crippen molar-refractivity contribution in [1.82, 2.24) is 0 Å². The maximum absolute atomic E-state index is 11.2. The van der Waals surface area contributed by atoms with Crippen molar-refractivity contribution >= 4 is 5.97 Å². The van der Waals surface area contributed by atoms with Crippen molar-refractivity contribution in [2.75, 3.05) is 7.11 Å². The second-order valence-electron chi connectivity index (χ2n) is 5.00. The molecule has 0 N–H and O–H groups in total. The fourth-order valence-electron chi connectivity index (χ4n) is 1.87. The van der Waals surface area contributed by atoms with E-state index in [1.165, 1.54) is 7.11 Å². The minimum Gasteiger partial charge on any atom is -0.469 e. The van der Waals surface area contributed by atoms with E-state index in [-0.39, 0.29) is 17.2 Å². The van der Waals surface area contributed by atoms with Crippen molar-refractivity contribution in [2.45, 2.75) is 57.7 Å². The van der Waals surface area contributed by atoms with E-state index in [2.05, 4.69) is 4.74 Å². The average Bonchev–Trinajstić information content (AvgIpc) is 1.97. The average molecular weight is 200 g/mol. The zero-order valence-corrected chi connectivity index (χ0v) is 9.55. The summed E-state index contributed by atoms with van der Waals surface area (Å²) in [5.41, 5.74) is -0.431. The van der Waals surface area contributed by atoms with E-state index < -0.39 is 0 Å². The molecule has 1 saturated carbocycles. The van der Waals surface area contributed by atoms with E-state index >= 15 is 0 Å². The lowest BCUT2D eigenvalue weighted by Crippen LogP contribution is -2.47. The first-order chi connectivity index (χ1) is 6.37. The molecule has 1 aliphatic carbocycles. The normalized spacial score (nSPS) is 20.0. The summed E-state index contributed by atoms with van der Waals surface area (Å²) in [6, 6.07) is 0. The van der Waals surface area contributed by atoms with E-state index in [4.69, 9.17) is 4.74 Å². The Bertz CT molecular complexity index is 211. The van der Waals surface area contributed by atoms with Crippen LogP contribution in [-0.4, -0.2) is 24.3 Å². The summed E-state index contributed by atoms with van der Waals surface area (Å²) in [4.78, 5) is 11.2. The van der Waals surface area contributed by atoms with Gasteiger partial charge in [-0.15, -0.1) is 0 Å². The van der Waals surface area contributed by atoms with Gasteiger partial charge in [-0.2, -0.15) is 0 Å². The van der Waals surface area contributed by atoms with Crippen LogP contribution in [0.1, 0.15) is 46.5 Å². The van der Waals surface area contributed by atoms with Crippen molar-refractivity contribution < 1.29 is 14.3 Å². The molecule has 3 heteroatoms. The number of esters is 1. The molecule has 1 aliphatic rings. The van der Waals surface area contributed by atoms with Crippen molar-refractivity contribution in [3.63, 3.8) is 0 Å². The molecular formula is C11H20O3. The van der Waals surface area contributed by atoms with Crippen LogP contribution < -0.4 is 0 Å². The SMILES string of the molecule is COC(=O)CC1(OC(C)(C)C)CCC1. The molecule has 0 aromatic carbocycles. The van der Waals surface area contributed by atoms with Gasteiger partial charge < -0.3 is 9.47 Å². The highest BCUT2D eigenvalue weighted by Crippen LogP contribution is 2.41. The molecule has 0 aliphatic heterocycles. The van der Waals surface area contributed by atoms with Crippen LogP contribution >= 0.6 is 0 Å². The van der Waals surface area contributed by atoms with Crippen molar-refractivity contribution in [3.8, 4) is 0 Å². The van der Waals surface area contributed by atoms with Crippen molar-refractivity contribution in [2.24, 2.45) is 0 Å². The molecule has 0 aromatic heterocycles. The van der Waals surface area contributed by atoms with Gasteiger partial charge in [0.1, 0.15) is 0 Å². The maximum Gasteiger partial charge on any atom is 0.308 e. The first-order valence-electron chi connectivity index (χ1n) is 5.14. The fourth-order valence-corrected chi connectivity index (χ4v) is 1.87. The van der Waals surface area contributed by atoms with Gasteiger partial charge in [-0.05, 0) is 40.0 Å². The van der Waals surface area contributed by atoms with Gasteiger partial charge in [0, 0.05) is 0 Å². The number of hydrogen-bond acceptors (Lipinski definition) is 3. The molecule has 0 amide bonds. The minimum absolute atomic E-state index is 0.172. The van der Waals surface area contributed by atoms with Gasteiger partial charge in [0.05, 0.1) is 24.7 Å². The van der Waals surface area contributed by atoms with Crippen LogP contribution in [-0.2, 0) is 14.3 Å². The molecule has 1 rings (SSSR count). The molecule has 1 fully saturated rings. The van der Waals surface area contributed by atoms with E-state index in [0.717, 1.165) is 19.3 Å². The number of carbonyl (C=O) groups is 1. The van der Waals surface area contributed by atoms with Crippen LogP contribution in [0.4, 0.5) is 0 Å². The van der Waals surface area contributed by atoms with Gasteiger partial charge in [-0.25, -0.2) is 0 Å². The second kappa shape index (κ2) is 3.89. The third kappa shape index (κ3) is 2.98. The van der Waals surface area contributed by atoms with E-state index in [9.17, 15) is 4.79 Å². The summed E-state index contributed by atoms with van der Waals surface area (Å²) < 4.78 is 10.6. The van der Waals surface area contributed by atoms with Crippen LogP contribution in [0, 0.1) is 0 Å². The van der Waals surface area contributed by atoms with Crippen LogP contribution in [0.2, 0.25) is 0 Å². The Morgan fingerprint density at radius 2 is 1.93 bits per heavy atom. The monoisotopic (exact) mass is 200 g/mol. The molecule has 0 heterocycles. The number of carbonyl (C=O) groups excluding carboxylic acids is 1. The molecule has 0 radical (unpaired) electrons. The molecule has 0 aromatic rings. The lowest BCUT2D eigenvalue weighted by molar-refractivity contribution is -0.186. The predicted molar refractivity (Wildman–Crippen MR) is 54.1 cm³/mol. The van der Waals surface area contributed by atoms with Crippen molar-refractivity contribution in [3.05, 3.63) is 0 Å². The molecule has 14 heavy (non-hydrogen) atoms. The summed E-state index contributed by atoms with van der Waals surface area (Å²) >= 11 is 0. The maximum atomic E-state index is 11.2. The van der Waals surface area contributed by atoms with Crippen LogP contribution in [0.25, 0.3) is 0 Å². The first-order valence-corrected chi connectivity index (χ1v) is 5.14. The zero-order chi connectivity index (χ0) is 10.8. The largest absolute Gasteiger partial charge is 0.469 e. The van der Waals surface area contributed by atoms with Gasteiger partial charge in [0.15, 0.2) is 0 Å². The Morgan fingerprint density at radius 3 is 2.21 bits per heavy atom. The summed E-state index contributed by atoms with van der Waals surface area (Å²) in [5.74, 6) is -0.172. The third-order valence-electron chi connectivity index (χ3n) is 2.48. The fraction of sp³-hybridized carbons (Fsp3) is 0.909. The number of hydrogen-bond donors (Lipinski definition) is 0. The lowest BCUT2D eigenvalue weighted by Gasteiger charge is -2.45. The lowest BCUT2D eigenvalue weighted by atomic mass is 9.77. The highest BCUT2D eigenvalue weighted by Gasteiger charge is 2.43. The van der Waals surface area contributed by atoms with Gasteiger partial charge in [-0.1, -0.05) is 0 Å². The van der Waals surface area contributed by atoms with Crippen LogP contribution in [0.3, 0.4) is 0 Å². The highest BCUT2D eigenvalue weighted by molar-refractivity contribution is 5.70. The summed E-state index contributed by atoms with van der Waals surface area (Å²) in [5, 5.41) is 0. The third-order valence-corrected chi connectivity index (χ3v) is 2.48. The summed E-state index contributed by atoms with van der Waals surface area (Å²) in [6.07, 6.45) is 3.48. The number of ether oxygens (including phenoxy) is 2. The van der Waals surface area contributed by atoms with Gasteiger partial charge in [-0.3, -0.25) is 4.79 Å².